The molecule has 0 aromatic heterocycles. The summed E-state index contributed by atoms with van der Waals surface area (Å²) >= 11 is 0. The van der Waals surface area contributed by atoms with E-state index in [9.17, 15) is 0 Å². The molecule has 68 valence electrons. The number of hydrogen-bond donors (Lipinski definition) is 1. The highest BCUT2D eigenvalue weighted by Crippen LogP contribution is 2.30. The summed E-state index contributed by atoms with van der Waals surface area (Å²) in [5.41, 5.74) is 3.95. The molecule has 0 amide bonds. The molecule has 1 unspecified atom stereocenters. The van der Waals surface area contributed by atoms with Gasteiger partial charge in [-0.25, -0.2) is 0 Å². The summed E-state index contributed by atoms with van der Waals surface area (Å²) in [5, 5.41) is 3.41. The van der Waals surface area contributed by atoms with Crippen molar-refractivity contribution in [2.45, 2.75) is 26.2 Å². The van der Waals surface area contributed by atoms with Crippen LogP contribution in [0.1, 0.15) is 31.7 Å². The molecule has 1 heteroatoms. The van der Waals surface area contributed by atoms with Crippen molar-refractivity contribution in [1.29, 1.82) is 0 Å². The Hall–Kier alpha value is -1.24. The highest BCUT2D eigenvalue weighted by atomic mass is 14.9. The van der Waals surface area contributed by atoms with Gasteiger partial charge in [0.25, 0.3) is 0 Å². The molecule has 1 N–H and O–H groups in total. The maximum Gasteiger partial charge on any atom is 0.0417 e. The zero-order valence-corrected chi connectivity index (χ0v) is 8.17. The van der Waals surface area contributed by atoms with Crippen LogP contribution in [0.25, 0.3) is 0 Å². The first-order valence-corrected chi connectivity index (χ1v) is 4.80. The molecule has 13 heavy (non-hydrogen) atoms. The second-order valence-electron chi connectivity index (χ2n) is 3.74. The zero-order chi connectivity index (χ0) is 9.26. The van der Waals surface area contributed by atoms with Crippen molar-refractivity contribution in [2.24, 2.45) is 0 Å². The van der Waals surface area contributed by atoms with Crippen LogP contribution in [0.2, 0.25) is 0 Å². The number of anilines is 1. The minimum Gasteiger partial charge on any atom is -0.359 e. The van der Waals surface area contributed by atoms with Gasteiger partial charge in [0.05, 0.1) is 0 Å². The molecule has 2 rings (SSSR count). The lowest BCUT2D eigenvalue weighted by molar-refractivity contribution is 0.786. The van der Waals surface area contributed by atoms with Gasteiger partial charge >= 0.3 is 0 Å². The van der Waals surface area contributed by atoms with Crippen LogP contribution in [0.15, 0.2) is 36.0 Å². The summed E-state index contributed by atoms with van der Waals surface area (Å²) in [6, 6.07) is 8.54. The van der Waals surface area contributed by atoms with Crippen LogP contribution in [0, 0.1) is 0 Å². The molecule has 0 spiro atoms. The van der Waals surface area contributed by atoms with Gasteiger partial charge in [-0.1, -0.05) is 31.2 Å². The van der Waals surface area contributed by atoms with E-state index in [1.807, 2.05) is 0 Å². The van der Waals surface area contributed by atoms with E-state index in [0.717, 1.165) is 6.42 Å². The molecule has 1 heterocycles. The Bertz CT molecular complexity index is 339. The zero-order valence-electron chi connectivity index (χ0n) is 8.17. The number of fused-ring (bicyclic) bond motifs is 1. The normalized spacial score (nSPS) is 21.1. The fourth-order valence-electron chi connectivity index (χ4n) is 1.78. The van der Waals surface area contributed by atoms with Crippen molar-refractivity contribution in [2.75, 3.05) is 5.32 Å². The summed E-state index contributed by atoms with van der Waals surface area (Å²) in [7, 11) is 0. The Kier molecular flexibility index (Phi) is 2.09. The third kappa shape index (κ3) is 1.59. The number of hydrogen-bond acceptors (Lipinski definition) is 1. The van der Waals surface area contributed by atoms with E-state index >= 15 is 0 Å². The molecule has 1 aliphatic rings. The molecule has 1 nitrogen and oxygen atoms in total. The molecule has 1 atom stereocenters. The maximum atomic E-state index is 3.41. The Morgan fingerprint density at radius 3 is 2.92 bits per heavy atom. The molecule has 1 aliphatic heterocycles. The van der Waals surface area contributed by atoms with Gasteiger partial charge in [0.15, 0.2) is 0 Å². The number of rotatable bonds is 0. The lowest BCUT2D eigenvalue weighted by Gasteiger charge is -2.12. The van der Waals surface area contributed by atoms with E-state index in [4.69, 9.17) is 0 Å². The molecule has 0 bridgehead atoms. The van der Waals surface area contributed by atoms with Gasteiger partial charge in [0, 0.05) is 11.4 Å². The number of nitrogens with one attached hydrogen (secondary N) is 1. The van der Waals surface area contributed by atoms with Crippen molar-refractivity contribution in [3.05, 3.63) is 41.6 Å². The minimum absolute atomic E-state index is 0.626. The van der Waals surface area contributed by atoms with Crippen LogP contribution in [0.3, 0.4) is 0 Å². The van der Waals surface area contributed by atoms with Crippen molar-refractivity contribution in [1.82, 2.24) is 0 Å². The Labute approximate surface area is 79.5 Å². The van der Waals surface area contributed by atoms with E-state index in [0.29, 0.717) is 5.92 Å². The number of benzene rings is 1. The van der Waals surface area contributed by atoms with Gasteiger partial charge in [-0.05, 0) is 30.9 Å². The Balaban J connectivity index is 2.45. The molecule has 0 aliphatic carbocycles. The van der Waals surface area contributed by atoms with Crippen LogP contribution in [-0.2, 0) is 0 Å². The summed E-state index contributed by atoms with van der Waals surface area (Å²) in [6.07, 6.45) is 3.40. The lowest BCUT2D eigenvalue weighted by atomic mass is 9.97. The smallest absolute Gasteiger partial charge is 0.0417 e. The maximum absolute atomic E-state index is 3.41. The summed E-state index contributed by atoms with van der Waals surface area (Å²) in [5.74, 6) is 0.626. The molecule has 1 aromatic rings. The molecule has 1 aromatic carbocycles. The standard InChI is InChI=1S/C12H15N/c1-9-7-8-10(2)13-12-6-4-3-5-11(9)12/h3-6,8-9,13H,7H2,1-2H3. The summed E-state index contributed by atoms with van der Waals surface area (Å²) < 4.78 is 0. The average molecular weight is 173 g/mol. The third-order valence-electron chi connectivity index (χ3n) is 2.60. The van der Waals surface area contributed by atoms with Gasteiger partial charge in [-0.3, -0.25) is 0 Å². The number of para-hydroxylation sites is 1. The summed E-state index contributed by atoms with van der Waals surface area (Å²) in [4.78, 5) is 0. The Morgan fingerprint density at radius 1 is 1.31 bits per heavy atom. The second kappa shape index (κ2) is 3.25. The highest BCUT2D eigenvalue weighted by Gasteiger charge is 2.12. The van der Waals surface area contributed by atoms with Gasteiger partial charge < -0.3 is 5.32 Å². The SMILES string of the molecule is CC1=CCC(C)c2ccccc2N1. The predicted octanol–water partition coefficient (Wildman–Crippen LogP) is 3.51. The second-order valence-corrected chi connectivity index (χ2v) is 3.74. The fourth-order valence-corrected chi connectivity index (χ4v) is 1.78. The molecular formula is C12H15N. The topological polar surface area (TPSA) is 12.0 Å². The van der Waals surface area contributed by atoms with Crippen molar-refractivity contribution in [3.63, 3.8) is 0 Å². The first kappa shape index (κ1) is 8.36. The first-order chi connectivity index (χ1) is 6.27. The van der Waals surface area contributed by atoms with E-state index in [1.165, 1.54) is 16.9 Å². The largest absolute Gasteiger partial charge is 0.359 e. The minimum atomic E-state index is 0.626. The van der Waals surface area contributed by atoms with Gasteiger partial charge in [-0.2, -0.15) is 0 Å². The van der Waals surface area contributed by atoms with E-state index in [-0.39, 0.29) is 0 Å². The van der Waals surface area contributed by atoms with Crippen LogP contribution in [0.4, 0.5) is 5.69 Å². The monoisotopic (exact) mass is 173 g/mol. The molecular weight excluding hydrogens is 158 g/mol. The van der Waals surface area contributed by atoms with Crippen LogP contribution < -0.4 is 5.32 Å². The van der Waals surface area contributed by atoms with Gasteiger partial charge in [0.1, 0.15) is 0 Å². The number of allylic oxidation sites excluding steroid dienone is 2. The van der Waals surface area contributed by atoms with Gasteiger partial charge in [0.2, 0.25) is 0 Å². The molecule has 0 fully saturated rings. The lowest BCUT2D eigenvalue weighted by Crippen LogP contribution is -1.97. The third-order valence-corrected chi connectivity index (χ3v) is 2.60. The van der Waals surface area contributed by atoms with Crippen LogP contribution in [-0.4, -0.2) is 0 Å². The van der Waals surface area contributed by atoms with Crippen molar-refractivity contribution in [3.8, 4) is 0 Å². The van der Waals surface area contributed by atoms with Crippen LogP contribution >= 0.6 is 0 Å². The highest BCUT2D eigenvalue weighted by molar-refractivity contribution is 5.57. The van der Waals surface area contributed by atoms with E-state index < -0.39 is 0 Å². The van der Waals surface area contributed by atoms with Crippen LogP contribution in [0.5, 0.6) is 0 Å². The van der Waals surface area contributed by atoms with E-state index in [2.05, 4.69) is 49.5 Å². The quantitative estimate of drug-likeness (QED) is 0.633. The van der Waals surface area contributed by atoms with Crippen molar-refractivity contribution >= 4 is 5.69 Å². The Morgan fingerprint density at radius 2 is 2.08 bits per heavy atom. The molecule has 0 saturated heterocycles. The summed E-state index contributed by atoms with van der Waals surface area (Å²) in [6.45, 7) is 4.39. The fraction of sp³-hybridized carbons (Fsp3) is 0.333. The average Bonchev–Trinajstić information content (AvgIpc) is 2.27. The predicted molar refractivity (Wildman–Crippen MR) is 56.9 cm³/mol. The molecule has 0 radical (unpaired) electrons. The van der Waals surface area contributed by atoms with Gasteiger partial charge in [-0.15, -0.1) is 0 Å². The van der Waals surface area contributed by atoms with E-state index in [1.54, 1.807) is 0 Å². The van der Waals surface area contributed by atoms with Crippen molar-refractivity contribution < 1.29 is 0 Å². The molecule has 0 saturated carbocycles. The first-order valence-electron chi connectivity index (χ1n) is 4.80.